The van der Waals surface area contributed by atoms with Crippen molar-refractivity contribution in [2.24, 2.45) is 0 Å². The van der Waals surface area contributed by atoms with Crippen molar-refractivity contribution in [2.45, 2.75) is 19.3 Å². The normalized spacial score (nSPS) is 14.2. The van der Waals surface area contributed by atoms with Crippen LogP contribution in [0.2, 0.25) is 0 Å². The Morgan fingerprint density at radius 3 is 1.34 bits per heavy atom. The first-order valence-corrected chi connectivity index (χ1v) is 12.5. The summed E-state index contributed by atoms with van der Waals surface area (Å²) >= 11 is 0. The minimum absolute atomic E-state index is 0.124. The molecule has 0 radical (unpaired) electrons. The van der Waals surface area contributed by atoms with E-state index in [0.717, 1.165) is 0 Å². The zero-order valence-electron chi connectivity index (χ0n) is 19.9. The molecule has 0 bridgehead atoms. The van der Waals surface area contributed by atoms with Gasteiger partial charge in [0, 0.05) is 0 Å². The third-order valence-corrected chi connectivity index (χ3v) is 8.48. The van der Waals surface area contributed by atoms with Crippen LogP contribution < -0.4 is 0 Å². The van der Waals surface area contributed by atoms with Gasteiger partial charge in [-0.2, -0.15) is 0 Å². The van der Waals surface area contributed by atoms with E-state index in [0.29, 0.717) is 0 Å². The molecule has 0 unspecified atom stereocenters. The highest BCUT2D eigenvalue weighted by Gasteiger charge is 2.54. The fourth-order valence-corrected chi connectivity index (χ4v) is 6.92. The smallest absolute Gasteiger partial charge is 0.0620 e. The number of aryl methyl sites for hydroxylation is 2. The van der Waals surface area contributed by atoms with Gasteiger partial charge in [0.1, 0.15) is 0 Å². The highest BCUT2D eigenvalue weighted by molar-refractivity contribution is 6.12. The van der Waals surface area contributed by atoms with Gasteiger partial charge < -0.3 is 0 Å². The Balaban J connectivity index is 1.43. The molecule has 164 valence electrons. The predicted octanol–water partition coefficient (Wildman–Crippen LogP) is 8.95. The fourth-order valence-electron chi connectivity index (χ4n) is 6.92. The van der Waals surface area contributed by atoms with E-state index >= 15 is 0 Å². The van der Waals surface area contributed by atoms with Crippen molar-refractivity contribution in [1.29, 1.82) is 0 Å². The van der Waals surface area contributed by atoms with Crippen LogP contribution in [0, 0.1) is 13.8 Å². The van der Waals surface area contributed by atoms with Gasteiger partial charge in [-0.25, -0.2) is 0 Å². The van der Waals surface area contributed by atoms with Crippen LogP contribution in [0.15, 0.2) is 109 Å². The first-order valence-electron chi connectivity index (χ1n) is 12.5. The van der Waals surface area contributed by atoms with Crippen molar-refractivity contribution in [1.82, 2.24) is 0 Å². The van der Waals surface area contributed by atoms with Crippen LogP contribution in [-0.2, 0) is 5.41 Å². The van der Waals surface area contributed by atoms with Crippen LogP contribution in [0.5, 0.6) is 0 Å². The zero-order valence-corrected chi connectivity index (χ0v) is 19.9. The first kappa shape index (κ1) is 19.2. The van der Waals surface area contributed by atoms with Crippen LogP contribution >= 0.6 is 0 Å². The van der Waals surface area contributed by atoms with Gasteiger partial charge in [-0.3, -0.25) is 0 Å². The van der Waals surface area contributed by atoms with E-state index in [-0.39, 0.29) is 5.41 Å². The summed E-state index contributed by atoms with van der Waals surface area (Å²) in [5, 5.41) is 5.57. The molecule has 0 N–H and O–H groups in total. The van der Waals surface area contributed by atoms with Crippen LogP contribution in [0.3, 0.4) is 0 Å². The molecular weight excluding hydrogens is 420 g/mol. The zero-order chi connectivity index (χ0) is 23.3. The third-order valence-electron chi connectivity index (χ3n) is 8.48. The summed E-state index contributed by atoms with van der Waals surface area (Å²) in [6.07, 6.45) is 0. The van der Waals surface area contributed by atoms with Gasteiger partial charge in [-0.15, -0.1) is 0 Å². The third kappa shape index (κ3) is 2.23. The molecule has 0 aliphatic heterocycles. The Morgan fingerprint density at radius 1 is 0.429 bits per heavy atom. The summed E-state index contributed by atoms with van der Waals surface area (Å²) in [5.41, 5.74) is 13.6. The predicted molar refractivity (Wildman–Crippen MR) is 147 cm³/mol. The maximum Gasteiger partial charge on any atom is 0.0726 e. The molecule has 2 aliphatic carbocycles. The number of benzene rings is 6. The fraction of sp³-hybridized carbons (Fsp3) is 0.0857. The Morgan fingerprint density at radius 2 is 0.886 bits per heavy atom. The molecule has 0 heteroatoms. The monoisotopic (exact) mass is 444 g/mol. The molecule has 6 aromatic rings. The molecule has 0 fully saturated rings. The second-order valence-electron chi connectivity index (χ2n) is 10.2. The van der Waals surface area contributed by atoms with E-state index in [2.05, 4.69) is 123 Å². The molecule has 2 aliphatic rings. The van der Waals surface area contributed by atoms with Crippen molar-refractivity contribution >= 4 is 21.5 Å². The average Bonchev–Trinajstić information content (AvgIpc) is 2.87. The Bertz CT molecular complexity index is 1730. The Hall–Kier alpha value is -4.16. The highest BCUT2D eigenvalue weighted by Crippen LogP contribution is 2.65. The average molecular weight is 445 g/mol. The highest BCUT2D eigenvalue weighted by atomic mass is 14.6. The van der Waals surface area contributed by atoms with E-state index in [9.17, 15) is 0 Å². The summed E-state index contributed by atoms with van der Waals surface area (Å²) in [6, 6.07) is 40.9. The molecule has 0 amide bonds. The second-order valence-corrected chi connectivity index (χ2v) is 10.2. The molecular formula is C35H24. The summed E-state index contributed by atoms with van der Waals surface area (Å²) in [4.78, 5) is 0. The van der Waals surface area contributed by atoms with Crippen LogP contribution in [-0.4, -0.2) is 0 Å². The van der Waals surface area contributed by atoms with E-state index in [1.807, 2.05) is 0 Å². The lowest BCUT2D eigenvalue weighted by Crippen LogP contribution is -2.43. The summed E-state index contributed by atoms with van der Waals surface area (Å²) in [5.74, 6) is 0. The molecule has 0 saturated heterocycles. The van der Waals surface area contributed by atoms with Gasteiger partial charge in [0.2, 0.25) is 0 Å². The molecule has 0 saturated carbocycles. The Labute approximate surface area is 205 Å². The molecule has 1 spiro atoms. The number of fused-ring (bicyclic) bond motifs is 4. The second kappa shape index (κ2) is 6.49. The minimum Gasteiger partial charge on any atom is -0.0620 e. The minimum atomic E-state index is -0.124. The number of hydrogen-bond donors (Lipinski definition) is 0. The Kier molecular flexibility index (Phi) is 3.56. The van der Waals surface area contributed by atoms with Crippen molar-refractivity contribution < 1.29 is 0 Å². The molecule has 0 atom stereocenters. The molecule has 35 heavy (non-hydrogen) atoms. The van der Waals surface area contributed by atoms with Crippen molar-refractivity contribution in [3.63, 3.8) is 0 Å². The van der Waals surface area contributed by atoms with Gasteiger partial charge in [-0.05, 0) is 115 Å². The SMILES string of the molecule is Cc1ccccc1-c1cc2c3c(cccc3c1)C21c2cccc3cc(-c4ccccc4C)cc1c23. The standard InChI is InChI=1S/C35H24/c1-21-9-3-5-13-27(21)25-17-23-11-7-15-29-33(23)31(19-25)35(29)30-16-8-12-24-18-26(20-32(35)34(24)30)28-14-6-4-10-22(28)2/h3-20H,1-2H3. The van der Waals surface area contributed by atoms with Crippen molar-refractivity contribution in [2.75, 3.05) is 0 Å². The molecule has 0 aromatic heterocycles. The van der Waals surface area contributed by atoms with Crippen LogP contribution in [0.25, 0.3) is 43.8 Å². The number of hydrogen-bond acceptors (Lipinski definition) is 0. The van der Waals surface area contributed by atoms with E-state index in [1.165, 1.54) is 77.2 Å². The maximum atomic E-state index is 2.47. The van der Waals surface area contributed by atoms with E-state index < -0.39 is 0 Å². The molecule has 6 aromatic carbocycles. The quantitative estimate of drug-likeness (QED) is 0.250. The lowest BCUT2D eigenvalue weighted by Gasteiger charge is -2.52. The van der Waals surface area contributed by atoms with Crippen LogP contribution in [0.4, 0.5) is 0 Å². The largest absolute Gasteiger partial charge is 0.0726 e. The van der Waals surface area contributed by atoms with Gasteiger partial charge in [0.25, 0.3) is 0 Å². The van der Waals surface area contributed by atoms with Gasteiger partial charge in [-0.1, -0.05) is 84.9 Å². The maximum absolute atomic E-state index is 2.47. The topological polar surface area (TPSA) is 0 Å². The molecule has 0 nitrogen and oxygen atoms in total. The lowest BCUT2D eigenvalue weighted by atomic mass is 9.49. The summed E-state index contributed by atoms with van der Waals surface area (Å²) < 4.78 is 0. The van der Waals surface area contributed by atoms with E-state index in [4.69, 9.17) is 0 Å². The van der Waals surface area contributed by atoms with Gasteiger partial charge in [0.15, 0.2) is 0 Å². The first-order chi connectivity index (χ1) is 17.2. The lowest BCUT2D eigenvalue weighted by molar-refractivity contribution is 0.702. The summed E-state index contributed by atoms with van der Waals surface area (Å²) in [7, 11) is 0. The van der Waals surface area contributed by atoms with Gasteiger partial charge in [0.05, 0.1) is 5.41 Å². The molecule has 0 heterocycles. The van der Waals surface area contributed by atoms with Gasteiger partial charge >= 0.3 is 0 Å². The van der Waals surface area contributed by atoms with E-state index in [1.54, 1.807) is 0 Å². The number of rotatable bonds is 2. The van der Waals surface area contributed by atoms with Crippen LogP contribution in [0.1, 0.15) is 33.4 Å². The molecule has 8 rings (SSSR count). The van der Waals surface area contributed by atoms with Crippen molar-refractivity contribution in [3.8, 4) is 22.3 Å². The summed E-state index contributed by atoms with van der Waals surface area (Å²) in [6.45, 7) is 4.43. The van der Waals surface area contributed by atoms with Crippen molar-refractivity contribution in [3.05, 3.63) is 143 Å².